The van der Waals surface area contributed by atoms with Crippen molar-refractivity contribution in [2.45, 2.75) is 0 Å². The molecule has 0 amide bonds. The van der Waals surface area contributed by atoms with E-state index < -0.39 is 0 Å². The molecule has 15 heavy (non-hydrogen) atoms. The maximum Gasteiger partial charge on any atom is 0.128 e. The SMILES string of the molecule is Cl.Cl.Nc1cccc(C2=NCCN2)c1.O. The zero-order valence-electron chi connectivity index (χ0n) is 8.06. The molecule has 2 rings (SSSR count). The number of hydrogen-bond acceptors (Lipinski definition) is 3. The predicted octanol–water partition coefficient (Wildman–Crippen LogP) is 0.637. The summed E-state index contributed by atoms with van der Waals surface area (Å²) in [5.41, 5.74) is 7.50. The number of aliphatic imine (C=N–C) groups is 1. The first kappa shape index (κ1) is 16.5. The maximum atomic E-state index is 5.64. The minimum Gasteiger partial charge on any atom is -0.412 e. The van der Waals surface area contributed by atoms with Crippen molar-refractivity contribution in [2.75, 3.05) is 18.8 Å². The Labute approximate surface area is 101 Å². The lowest BCUT2D eigenvalue weighted by Gasteiger charge is -2.02. The van der Waals surface area contributed by atoms with Crippen molar-refractivity contribution in [3.63, 3.8) is 0 Å². The van der Waals surface area contributed by atoms with Crippen molar-refractivity contribution in [3.8, 4) is 0 Å². The molecule has 6 heteroatoms. The molecule has 0 radical (unpaired) electrons. The van der Waals surface area contributed by atoms with Gasteiger partial charge in [0.15, 0.2) is 0 Å². The van der Waals surface area contributed by atoms with Crippen LogP contribution in [0.2, 0.25) is 0 Å². The molecule has 0 bridgehead atoms. The molecule has 86 valence electrons. The average molecular weight is 252 g/mol. The van der Waals surface area contributed by atoms with Gasteiger partial charge in [-0.1, -0.05) is 12.1 Å². The van der Waals surface area contributed by atoms with E-state index in [0.29, 0.717) is 0 Å². The Morgan fingerprint density at radius 1 is 1.27 bits per heavy atom. The second-order valence-electron chi connectivity index (χ2n) is 2.78. The van der Waals surface area contributed by atoms with Crippen molar-refractivity contribution in [1.29, 1.82) is 0 Å². The largest absolute Gasteiger partial charge is 0.412 e. The van der Waals surface area contributed by atoms with Gasteiger partial charge in [0, 0.05) is 17.8 Å². The fourth-order valence-corrected chi connectivity index (χ4v) is 1.28. The van der Waals surface area contributed by atoms with Crippen LogP contribution in [0.5, 0.6) is 0 Å². The molecule has 0 atom stereocenters. The fraction of sp³-hybridized carbons (Fsp3) is 0.222. The van der Waals surface area contributed by atoms with Crippen molar-refractivity contribution >= 4 is 36.3 Å². The van der Waals surface area contributed by atoms with E-state index in [0.717, 1.165) is 30.2 Å². The first-order chi connectivity index (χ1) is 5.86. The molecule has 0 saturated heterocycles. The van der Waals surface area contributed by atoms with Crippen molar-refractivity contribution in [3.05, 3.63) is 29.8 Å². The number of rotatable bonds is 1. The highest BCUT2D eigenvalue weighted by Gasteiger charge is 2.06. The summed E-state index contributed by atoms with van der Waals surface area (Å²) in [6, 6.07) is 7.75. The van der Waals surface area contributed by atoms with Gasteiger partial charge >= 0.3 is 0 Å². The van der Waals surface area contributed by atoms with Crippen LogP contribution in [-0.2, 0) is 0 Å². The molecule has 0 saturated carbocycles. The van der Waals surface area contributed by atoms with E-state index in [1.54, 1.807) is 0 Å². The number of halogens is 2. The second-order valence-corrected chi connectivity index (χ2v) is 2.78. The van der Waals surface area contributed by atoms with Gasteiger partial charge in [-0.15, -0.1) is 24.8 Å². The Balaban J connectivity index is 0. The third kappa shape index (κ3) is 3.95. The molecule has 1 heterocycles. The lowest BCUT2D eigenvalue weighted by atomic mass is 10.2. The predicted molar refractivity (Wildman–Crippen MR) is 68.4 cm³/mol. The number of nitrogens with one attached hydrogen (secondary N) is 1. The molecule has 1 aliphatic heterocycles. The molecule has 1 aromatic carbocycles. The van der Waals surface area contributed by atoms with Gasteiger partial charge in [-0.05, 0) is 12.1 Å². The lowest BCUT2D eigenvalue weighted by Crippen LogP contribution is -2.19. The third-order valence-corrected chi connectivity index (χ3v) is 1.83. The molecule has 0 aliphatic carbocycles. The number of nitrogens with two attached hydrogens (primary N) is 1. The molecule has 0 fully saturated rings. The Bertz CT molecular complexity index is 331. The van der Waals surface area contributed by atoms with Crippen LogP contribution in [0.1, 0.15) is 5.56 Å². The van der Waals surface area contributed by atoms with Crippen molar-refractivity contribution in [1.82, 2.24) is 5.32 Å². The Hall–Kier alpha value is -0.970. The van der Waals surface area contributed by atoms with Crippen LogP contribution in [0.4, 0.5) is 5.69 Å². The Kier molecular flexibility index (Phi) is 8.05. The molecule has 1 aliphatic rings. The van der Waals surface area contributed by atoms with Gasteiger partial charge < -0.3 is 16.5 Å². The average Bonchev–Trinajstić information content (AvgIpc) is 2.56. The van der Waals surface area contributed by atoms with Gasteiger partial charge in [-0.3, -0.25) is 4.99 Å². The summed E-state index contributed by atoms with van der Waals surface area (Å²) in [5.74, 6) is 0.960. The molecular weight excluding hydrogens is 237 g/mol. The first-order valence-electron chi connectivity index (χ1n) is 4.00. The molecule has 4 nitrogen and oxygen atoms in total. The van der Waals surface area contributed by atoms with Crippen LogP contribution in [0.15, 0.2) is 29.3 Å². The smallest absolute Gasteiger partial charge is 0.128 e. The number of benzene rings is 1. The summed E-state index contributed by atoms with van der Waals surface area (Å²) in [7, 11) is 0. The number of hydrogen-bond donors (Lipinski definition) is 2. The van der Waals surface area contributed by atoms with Crippen molar-refractivity contribution < 1.29 is 5.48 Å². The summed E-state index contributed by atoms with van der Waals surface area (Å²) in [5, 5.41) is 3.19. The van der Waals surface area contributed by atoms with Crippen molar-refractivity contribution in [2.24, 2.45) is 4.99 Å². The van der Waals surface area contributed by atoms with E-state index >= 15 is 0 Å². The quantitative estimate of drug-likeness (QED) is 0.719. The van der Waals surface area contributed by atoms with Crippen LogP contribution >= 0.6 is 24.8 Å². The summed E-state index contributed by atoms with van der Waals surface area (Å²) < 4.78 is 0. The Morgan fingerprint density at radius 3 is 2.53 bits per heavy atom. The molecule has 5 N–H and O–H groups in total. The molecule has 0 spiro atoms. The highest BCUT2D eigenvalue weighted by Crippen LogP contribution is 2.08. The van der Waals surface area contributed by atoms with E-state index in [-0.39, 0.29) is 30.3 Å². The van der Waals surface area contributed by atoms with E-state index in [9.17, 15) is 0 Å². The van der Waals surface area contributed by atoms with Gasteiger partial charge in [-0.25, -0.2) is 0 Å². The molecular formula is C9H15Cl2N3O. The first-order valence-corrected chi connectivity index (χ1v) is 4.00. The fourth-order valence-electron chi connectivity index (χ4n) is 1.28. The minimum absolute atomic E-state index is 0. The highest BCUT2D eigenvalue weighted by atomic mass is 35.5. The van der Waals surface area contributed by atoms with E-state index in [1.165, 1.54) is 0 Å². The van der Waals surface area contributed by atoms with Gasteiger partial charge in [0.25, 0.3) is 0 Å². The minimum atomic E-state index is 0. The maximum absolute atomic E-state index is 5.64. The highest BCUT2D eigenvalue weighted by molar-refractivity contribution is 6.00. The van der Waals surface area contributed by atoms with Crippen LogP contribution in [0, 0.1) is 0 Å². The molecule has 1 aromatic rings. The number of nitrogen functional groups attached to an aromatic ring is 1. The number of nitrogens with zero attached hydrogens (tertiary/aromatic N) is 1. The second kappa shape index (κ2) is 7.34. The Morgan fingerprint density at radius 2 is 2.00 bits per heavy atom. The molecule has 0 unspecified atom stereocenters. The zero-order chi connectivity index (χ0) is 8.39. The summed E-state index contributed by atoms with van der Waals surface area (Å²) >= 11 is 0. The van der Waals surface area contributed by atoms with E-state index in [2.05, 4.69) is 10.3 Å². The van der Waals surface area contributed by atoms with Gasteiger partial charge in [0.05, 0.1) is 6.54 Å². The topological polar surface area (TPSA) is 81.9 Å². The van der Waals surface area contributed by atoms with E-state index in [4.69, 9.17) is 5.73 Å². The zero-order valence-corrected chi connectivity index (χ0v) is 9.70. The summed E-state index contributed by atoms with van der Waals surface area (Å²) in [6.45, 7) is 1.80. The van der Waals surface area contributed by atoms with Crippen LogP contribution in [0.3, 0.4) is 0 Å². The van der Waals surface area contributed by atoms with Gasteiger partial charge in [0.2, 0.25) is 0 Å². The van der Waals surface area contributed by atoms with Gasteiger partial charge in [0.1, 0.15) is 5.84 Å². The standard InChI is InChI=1S/C9H11N3.2ClH.H2O/c10-8-3-1-2-7(6-8)9-11-4-5-12-9;;;/h1-3,6H,4-5,10H2,(H,11,12);2*1H;1H2. The molecule has 0 aromatic heterocycles. The van der Waals surface area contributed by atoms with Crippen LogP contribution < -0.4 is 11.1 Å². The monoisotopic (exact) mass is 251 g/mol. The van der Waals surface area contributed by atoms with Gasteiger partial charge in [-0.2, -0.15) is 0 Å². The van der Waals surface area contributed by atoms with Crippen LogP contribution in [-0.4, -0.2) is 24.4 Å². The number of anilines is 1. The van der Waals surface area contributed by atoms with E-state index in [1.807, 2.05) is 24.3 Å². The number of amidine groups is 1. The normalized spacial score (nSPS) is 12.4. The lowest BCUT2D eigenvalue weighted by molar-refractivity contribution is 0.824. The summed E-state index contributed by atoms with van der Waals surface area (Å²) in [6.07, 6.45) is 0. The third-order valence-electron chi connectivity index (χ3n) is 1.83. The summed E-state index contributed by atoms with van der Waals surface area (Å²) in [4.78, 5) is 4.30. The van der Waals surface area contributed by atoms with Crippen LogP contribution in [0.25, 0.3) is 0 Å².